The van der Waals surface area contributed by atoms with Crippen LogP contribution in [-0.4, -0.2) is 7.05 Å². The van der Waals surface area contributed by atoms with Gasteiger partial charge in [0, 0.05) is 20.6 Å². The second kappa shape index (κ2) is 6.14. The van der Waals surface area contributed by atoms with Crippen molar-refractivity contribution in [2.24, 2.45) is 0 Å². The summed E-state index contributed by atoms with van der Waals surface area (Å²) in [5.41, 5.74) is 0.638. The summed E-state index contributed by atoms with van der Waals surface area (Å²) in [6.45, 7) is 0. The van der Waals surface area contributed by atoms with Gasteiger partial charge in [0.05, 0.1) is 0 Å². The van der Waals surface area contributed by atoms with Crippen molar-refractivity contribution in [1.29, 1.82) is 0 Å². The summed E-state index contributed by atoms with van der Waals surface area (Å²) in [6, 6.07) is 15.2. The van der Waals surface area contributed by atoms with Gasteiger partial charge >= 0.3 is 0 Å². The summed E-state index contributed by atoms with van der Waals surface area (Å²) in [4.78, 5) is 1.21. The molecule has 0 fully saturated rings. The summed E-state index contributed by atoms with van der Waals surface area (Å²) in [6.07, 6.45) is 0.579. The first-order valence-electron chi connectivity index (χ1n) is 6.77. The monoisotopic (exact) mass is 319 g/mol. The third kappa shape index (κ3) is 3.10. The standard InChI is InChI=1S/C17H15ClFNS/c1-20-15(9-12-8-13(18)6-7-14(12)19)17-10-11-4-2-3-5-16(11)21-17/h2-8,10,15,20H,9H2,1H3. The van der Waals surface area contributed by atoms with E-state index in [2.05, 4.69) is 23.5 Å². The van der Waals surface area contributed by atoms with Crippen LogP contribution in [-0.2, 0) is 6.42 Å². The second-order valence-electron chi connectivity index (χ2n) is 4.97. The molecule has 1 nitrogen and oxygen atoms in total. The van der Waals surface area contributed by atoms with E-state index in [-0.39, 0.29) is 11.9 Å². The lowest BCUT2D eigenvalue weighted by Gasteiger charge is -2.15. The molecule has 4 heteroatoms. The quantitative estimate of drug-likeness (QED) is 0.697. The van der Waals surface area contributed by atoms with Crippen molar-refractivity contribution in [3.8, 4) is 0 Å². The number of thiophene rings is 1. The molecule has 21 heavy (non-hydrogen) atoms. The highest BCUT2D eigenvalue weighted by molar-refractivity contribution is 7.19. The Balaban J connectivity index is 1.92. The average molecular weight is 320 g/mol. The highest BCUT2D eigenvalue weighted by atomic mass is 35.5. The van der Waals surface area contributed by atoms with Crippen LogP contribution < -0.4 is 5.32 Å². The Kier molecular flexibility index (Phi) is 4.24. The fraction of sp³-hybridized carbons (Fsp3) is 0.176. The molecule has 0 saturated heterocycles. The van der Waals surface area contributed by atoms with Gasteiger partial charge in [-0.1, -0.05) is 29.8 Å². The van der Waals surface area contributed by atoms with Crippen molar-refractivity contribution in [2.45, 2.75) is 12.5 Å². The summed E-state index contributed by atoms with van der Waals surface area (Å²) in [5, 5.41) is 5.07. The van der Waals surface area contributed by atoms with E-state index in [0.717, 1.165) is 0 Å². The van der Waals surface area contributed by atoms with Crippen molar-refractivity contribution in [2.75, 3.05) is 7.05 Å². The van der Waals surface area contributed by atoms with E-state index in [4.69, 9.17) is 11.6 Å². The van der Waals surface area contributed by atoms with E-state index in [1.54, 1.807) is 23.5 Å². The molecule has 0 aliphatic heterocycles. The Hall–Kier alpha value is -1.42. The molecular weight excluding hydrogens is 305 g/mol. The molecule has 1 heterocycles. The lowest BCUT2D eigenvalue weighted by atomic mass is 10.0. The van der Waals surface area contributed by atoms with Gasteiger partial charge < -0.3 is 5.32 Å². The lowest BCUT2D eigenvalue weighted by molar-refractivity contribution is 0.560. The smallest absolute Gasteiger partial charge is 0.126 e. The molecule has 1 aromatic heterocycles. The van der Waals surface area contributed by atoms with Crippen LogP contribution in [0.15, 0.2) is 48.5 Å². The van der Waals surface area contributed by atoms with Gasteiger partial charge in [-0.25, -0.2) is 4.39 Å². The first-order chi connectivity index (χ1) is 10.2. The van der Waals surface area contributed by atoms with Gasteiger partial charge in [0.25, 0.3) is 0 Å². The topological polar surface area (TPSA) is 12.0 Å². The molecule has 0 bridgehead atoms. The molecule has 0 aliphatic carbocycles. The third-order valence-electron chi connectivity index (χ3n) is 3.57. The fourth-order valence-electron chi connectivity index (χ4n) is 2.44. The molecule has 0 spiro atoms. The molecule has 0 radical (unpaired) electrons. The molecule has 108 valence electrons. The van der Waals surface area contributed by atoms with E-state index in [0.29, 0.717) is 17.0 Å². The number of benzene rings is 2. The van der Waals surface area contributed by atoms with Crippen LogP contribution in [0.3, 0.4) is 0 Å². The van der Waals surface area contributed by atoms with Crippen LogP contribution in [0.2, 0.25) is 5.02 Å². The molecule has 0 aliphatic rings. The summed E-state index contributed by atoms with van der Waals surface area (Å²) in [7, 11) is 1.90. The first-order valence-corrected chi connectivity index (χ1v) is 7.96. The lowest BCUT2D eigenvalue weighted by Crippen LogP contribution is -2.18. The summed E-state index contributed by atoms with van der Waals surface area (Å²) >= 11 is 7.71. The van der Waals surface area contributed by atoms with Crippen LogP contribution in [0.1, 0.15) is 16.5 Å². The molecule has 0 amide bonds. The minimum Gasteiger partial charge on any atom is -0.312 e. The van der Waals surface area contributed by atoms with Crippen molar-refractivity contribution in [3.63, 3.8) is 0 Å². The molecule has 3 aromatic rings. The Labute approximate surface area is 132 Å². The van der Waals surface area contributed by atoms with E-state index in [1.165, 1.54) is 21.0 Å². The van der Waals surface area contributed by atoms with Crippen molar-refractivity contribution in [3.05, 3.63) is 69.8 Å². The number of halogens is 2. The predicted molar refractivity (Wildman–Crippen MR) is 88.7 cm³/mol. The van der Waals surface area contributed by atoms with Gasteiger partial charge in [0.1, 0.15) is 5.82 Å². The molecule has 1 atom stereocenters. The molecule has 0 saturated carbocycles. The molecule has 3 rings (SSSR count). The Morgan fingerprint density at radius 3 is 2.76 bits per heavy atom. The van der Waals surface area contributed by atoms with E-state index >= 15 is 0 Å². The van der Waals surface area contributed by atoms with Crippen LogP contribution in [0.5, 0.6) is 0 Å². The minimum atomic E-state index is -0.208. The van der Waals surface area contributed by atoms with Gasteiger partial charge in [-0.3, -0.25) is 0 Å². The van der Waals surface area contributed by atoms with Gasteiger partial charge in [0.15, 0.2) is 0 Å². The van der Waals surface area contributed by atoms with Crippen LogP contribution >= 0.6 is 22.9 Å². The summed E-state index contributed by atoms with van der Waals surface area (Å²) < 4.78 is 15.2. The van der Waals surface area contributed by atoms with Gasteiger partial charge in [-0.15, -0.1) is 11.3 Å². The van der Waals surface area contributed by atoms with Crippen LogP contribution in [0.4, 0.5) is 4.39 Å². The van der Waals surface area contributed by atoms with E-state index in [9.17, 15) is 4.39 Å². The normalized spacial score (nSPS) is 12.7. The number of nitrogens with one attached hydrogen (secondary N) is 1. The largest absolute Gasteiger partial charge is 0.312 e. The van der Waals surface area contributed by atoms with Crippen molar-refractivity contribution in [1.82, 2.24) is 5.32 Å². The molecule has 1 N–H and O–H groups in total. The zero-order chi connectivity index (χ0) is 14.8. The van der Waals surface area contributed by atoms with Crippen LogP contribution in [0, 0.1) is 5.82 Å². The number of hydrogen-bond donors (Lipinski definition) is 1. The van der Waals surface area contributed by atoms with Gasteiger partial charge in [-0.2, -0.15) is 0 Å². The van der Waals surface area contributed by atoms with Crippen LogP contribution in [0.25, 0.3) is 10.1 Å². The average Bonchev–Trinajstić information content (AvgIpc) is 2.91. The Morgan fingerprint density at radius 2 is 2.00 bits per heavy atom. The zero-order valence-corrected chi connectivity index (χ0v) is 13.1. The van der Waals surface area contributed by atoms with Gasteiger partial charge in [0.2, 0.25) is 0 Å². The van der Waals surface area contributed by atoms with Crippen molar-refractivity contribution >= 4 is 33.0 Å². The number of rotatable bonds is 4. The molecule has 1 unspecified atom stereocenters. The van der Waals surface area contributed by atoms with Crippen molar-refractivity contribution < 1.29 is 4.39 Å². The SMILES string of the molecule is CNC(Cc1cc(Cl)ccc1F)c1cc2ccccc2s1. The summed E-state index contributed by atoms with van der Waals surface area (Å²) in [5.74, 6) is -0.208. The predicted octanol–water partition coefficient (Wildman–Crippen LogP) is 5.20. The maximum absolute atomic E-state index is 13.9. The highest BCUT2D eigenvalue weighted by Crippen LogP contribution is 2.32. The first kappa shape index (κ1) is 14.5. The number of fused-ring (bicyclic) bond motifs is 1. The molecular formula is C17H15ClFNS. The van der Waals surface area contributed by atoms with E-state index < -0.39 is 0 Å². The Morgan fingerprint density at radius 1 is 1.19 bits per heavy atom. The third-order valence-corrected chi connectivity index (χ3v) is 5.03. The molecule has 2 aromatic carbocycles. The highest BCUT2D eigenvalue weighted by Gasteiger charge is 2.15. The zero-order valence-electron chi connectivity index (χ0n) is 11.6. The maximum atomic E-state index is 13.9. The van der Waals surface area contributed by atoms with E-state index in [1.807, 2.05) is 19.2 Å². The maximum Gasteiger partial charge on any atom is 0.126 e. The van der Waals surface area contributed by atoms with Gasteiger partial charge in [-0.05, 0) is 54.8 Å². The Bertz CT molecular complexity index is 735. The minimum absolute atomic E-state index is 0.0790. The fourth-order valence-corrected chi connectivity index (χ4v) is 3.81. The number of hydrogen-bond acceptors (Lipinski definition) is 2. The second-order valence-corrected chi connectivity index (χ2v) is 6.52. The number of likely N-dealkylation sites (N-methyl/N-ethyl adjacent to an activating group) is 1.